The van der Waals surface area contributed by atoms with Gasteiger partial charge in [0, 0.05) is 5.56 Å². The Labute approximate surface area is 156 Å². The van der Waals surface area contributed by atoms with E-state index in [1.54, 1.807) is 39.0 Å². The van der Waals surface area contributed by atoms with Crippen molar-refractivity contribution in [3.05, 3.63) is 53.7 Å². The fraction of sp³-hybridized carbons (Fsp3) is 0.200. The van der Waals surface area contributed by atoms with Gasteiger partial charge in [0.05, 0.1) is 17.3 Å². The number of rotatable bonds is 2. The maximum Gasteiger partial charge on any atom is 0.413 e. The third kappa shape index (κ3) is 3.44. The number of anilines is 1. The van der Waals surface area contributed by atoms with E-state index in [1.807, 2.05) is 18.2 Å². The van der Waals surface area contributed by atoms with Crippen molar-refractivity contribution in [2.24, 2.45) is 0 Å². The lowest BCUT2D eigenvalue weighted by Crippen LogP contribution is -2.28. The number of aromatic nitrogens is 2. The molecule has 2 heterocycles. The van der Waals surface area contributed by atoms with Crippen LogP contribution >= 0.6 is 0 Å². The molecule has 1 aromatic carbocycles. The minimum absolute atomic E-state index is 0.139. The van der Waals surface area contributed by atoms with Gasteiger partial charge in [0.15, 0.2) is 5.82 Å². The van der Waals surface area contributed by atoms with Crippen LogP contribution in [0.25, 0.3) is 16.6 Å². The Kier molecular flexibility index (Phi) is 4.53. The molecule has 1 N–H and O–H groups in total. The van der Waals surface area contributed by atoms with E-state index in [9.17, 15) is 15.3 Å². The van der Waals surface area contributed by atoms with E-state index in [0.29, 0.717) is 22.2 Å². The molecule has 0 aliphatic carbocycles. The van der Waals surface area contributed by atoms with Gasteiger partial charge in [0.2, 0.25) is 0 Å². The first kappa shape index (κ1) is 18.0. The van der Waals surface area contributed by atoms with Gasteiger partial charge in [-0.1, -0.05) is 30.3 Å². The normalized spacial score (nSPS) is 10.9. The third-order valence-corrected chi connectivity index (χ3v) is 3.75. The summed E-state index contributed by atoms with van der Waals surface area (Å²) >= 11 is 0. The van der Waals surface area contributed by atoms with Gasteiger partial charge in [-0.3, -0.25) is 5.32 Å². The standard InChI is InChI=1S/C20H17N5O2/c1-20(2,3)27-19(26)24-18-15(12-22)17(13-7-5-4-6-8-13)14(11-21)16-9-10-23-25(16)18/h4-10H,1-3H3,(H,24,26). The zero-order valence-corrected chi connectivity index (χ0v) is 15.1. The number of nitrogens with one attached hydrogen (secondary N) is 1. The number of hydrogen-bond donors (Lipinski definition) is 1. The summed E-state index contributed by atoms with van der Waals surface area (Å²) in [5.41, 5.74) is 1.38. The molecule has 0 unspecified atom stereocenters. The molecule has 3 aromatic rings. The molecule has 1 amide bonds. The number of nitrogens with zero attached hydrogens (tertiary/aromatic N) is 4. The molecular weight excluding hydrogens is 342 g/mol. The molecule has 0 bridgehead atoms. The second-order valence-corrected chi connectivity index (χ2v) is 6.82. The number of pyridine rings is 1. The highest BCUT2D eigenvalue weighted by molar-refractivity contribution is 5.93. The molecule has 0 saturated heterocycles. The maximum atomic E-state index is 12.3. The average Bonchev–Trinajstić information content (AvgIpc) is 3.10. The third-order valence-electron chi connectivity index (χ3n) is 3.75. The molecule has 7 nitrogen and oxygen atoms in total. The van der Waals surface area contributed by atoms with Crippen LogP contribution in [0.5, 0.6) is 0 Å². The van der Waals surface area contributed by atoms with Crippen LogP contribution in [0.4, 0.5) is 10.6 Å². The smallest absolute Gasteiger partial charge is 0.413 e. The molecule has 3 rings (SSSR count). The number of ether oxygens (including phenoxy) is 1. The van der Waals surface area contributed by atoms with Gasteiger partial charge in [-0.15, -0.1) is 0 Å². The van der Waals surface area contributed by atoms with Crippen LogP contribution in [0.3, 0.4) is 0 Å². The van der Waals surface area contributed by atoms with Crippen LogP contribution in [0.2, 0.25) is 0 Å². The molecule has 0 fully saturated rings. The number of benzene rings is 1. The van der Waals surface area contributed by atoms with Crippen molar-refractivity contribution in [3.63, 3.8) is 0 Å². The Morgan fingerprint density at radius 1 is 1.11 bits per heavy atom. The average molecular weight is 359 g/mol. The highest BCUT2D eigenvalue weighted by atomic mass is 16.6. The van der Waals surface area contributed by atoms with Crippen molar-refractivity contribution in [3.8, 4) is 23.3 Å². The molecule has 0 aliphatic heterocycles. The summed E-state index contributed by atoms with van der Waals surface area (Å²) < 4.78 is 6.67. The first-order valence-corrected chi connectivity index (χ1v) is 8.25. The molecule has 27 heavy (non-hydrogen) atoms. The predicted molar refractivity (Wildman–Crippen MR) is 99.9 cm³/mol. The Morgan fingerprint density at radius 3 is 2.37 bits per heavy atom. The Morgan fingerprint density at radius 2 is 1.78 bits per heavy atom. The summed E-state index contributed by atoms with van der Waals surface area (Å²) in [6.07, 6.45) is 0.798. The molecule has 0 spiro atoms. The molecule has 7 heteroatoms. The van der Waals surface area contributed by atoms with Gasteiger partial charge >= 0.3 is 6.09 Å². The number of carbonyl (C=O) groups is 1. The molecule has 0 aliphatic rings. The Bertz CT molecular complexity index is 1100. The lowest BCUT2D eigenvalue weighted by molar-refractivity contribution is 0.0635. The van der Waals surface area contributed by atoms with Crippen LogP contribution in [0.15, 0.2) is 42.6 Å². The number of amides is 1. The van der Waals surface area contributed by atoms with Crippen LogP contribution in [-0.4, -0.2) is 21.3 Å². The SMILES string of the molecule is CC(C)(C)OC(=O)Nc1c(C#N)c(-c2ccccc2)c(C#N)c2ccnn12. The quantitative estimate of drug-likeness (QED) is 0.742. The Balaban J connectivity index is 2.28. The van der Waals surface area contributed by atoms with Gasteiger partial charge in [0.1, 0.15) is 23.3 Å². The van der Waals surface area contributed by atoms with E-state index >= 15 is 0 Å². The highest BCUT2D eigenvalue weighted by Gasteiger charge is 2.24. The molecule has 0 saturated carbocycles. The van der Waals surface area contributed by atoms with Crippen molar-refractivity contribution in [2.75, 3.05) is 5.32 Å². The van der Waals surface area contributed by atoms with Gasteiger partial charge in [0.25, 0.3) is 0 Å². The van der Waals surface area contributed by atoms with Crippen LogP contribution in [-0.2, 0) is 4.74 Å². The zero-order chi connectivity index (χ0) is 19.6. The van der Waals surface area contributed by atoms with Crippen molar-refractivity contribution in [1.29, 1.82) is 10.5 Å². The summed E-state index contributed by atoms with van der Waals surface area (Å²) in [5.74, 6) is 0.157. The van der Waals surface area contributed by atoms with Gasteiger partial charge in [-0.2, -0.15) is 15.6 Å². The van der Waals surface area contributed by atoms with Crippen molar-refractivity contribution >= 4 is 17.4 Å². The predicted octanol–water partition coefficient (Wildman–Crippen LogP) is 4.09. The van der Waals surface area contributed by atoms with E-state index in [1.165, 1.54) is 10.7 Å². The molecule has 0 radical (unpaired) electrons. The number of nitriles is 2. The lowest BCUT2D eigenvalue weighted by atomic mass is 9.95. The summed E-state index contributed by atoms with van der Waals surface area (Å²) in [7, 11) is 0. The van der Waals surface area contributed by atoms with Crippen LogP contribution in [0.1, 0.15) is 31.9 Å². The fourth-order valence-corrected chi connectivity index (χ4v) is 2.78. The van der Waals surface area contributed by atoms with Gasteiger partial charge in [-0.25, -0.2) is 9.31 Å². The van der Waals surface area contributed by atoms with E-state index < -0.39 is 11.7 Å². The molecule has 134 valence electrons. The largest absolute Gasteiger partial charge is 0.444 e. The van der Waals surface area contributed by atoms with Gasteiger partial charge in [-0.05, 0) is 32.4 Å². The first-order valence-electron chi connectivity index (χ1n) is 8.25. The van der Waals surface area contributed by atoms with Crippen LogP contribution < -0.4 is 5.32 Å². The van der Waals surface area contributed by atoms with E-state index in [2.05, 4.69) is 22.6 Å². The number of fused-ring (bicyclic) bond motifs is 1. The topological polar surface area (TPSA) is 103 Å². The van der Waals surface area contributed by atoms with Crippen molar-refractivity contribution in [1.82, 2.24) is 9.61 Å². The second-order valence-electron chi connectivity index (χ2n) is 6.82. The summed E-state index contributed by atoms with van der Waals surface area (Å²) in [6, 6.07) is 15.0. The fourth-order valence-electron chi connectivity index (χ4n) is 2.78. The summed E-state index contributed by atoms with van der Waals surface area (Å²) in [5, 5.41) is 26.3. The van der Waals surface area contributed by atoms with E-state index in [4.69, 9.17) is 4.74 Å². The summed E-state index contributed by atoms with van der Waals surface area (Å²) in [6.45, 7) is 5.24. The number of hydrogen-bond acceptors (Lipinski definition) is 5. The minimum atomic E-state index is -0.709. The zero-order valence-electron chi connectivity index (χ0n) is 15.1. The van der Waals surface area contributed by atoms with Crippen molar-refractivity contribution < 1.29 is 9.53 Å². The lowest BCUT2D eigenvalue weighted by Gasteiger charge is -2.21. The monoisotopic (exact) mass is 359 g/mol. The highest BCUT2D eigenvalue weighted by Crippen LogP contribution is 2.35. The molecule has 0 atom stereocenters. The molecule has 2 aromatic heterocycles. The van der Waals surface area contributed by atoms with E-state index in [0.717, 1.165) is 0 Å². The van der Waals surface area contributed by atoms with E-state index in [-0.39, 0.29) is 11.4 Å². The first-order chi connectivity index (χ1) is 12.9. The van der Waals surface area contributed by atoms with Crippen LogP contribution in [0, 0.1) is 22.7 Å². The summed E-state index contributed by atoms with van der Waals surface area (Å²) in [4.78, 5) is 12.3. The number of carbonyl (C=O) groups excluding carboxylic acids is 1. The minimum Gasteiger partial charge on any atom is -0.444 e. The second kappa shape index (κ2) is 6.81. The van der Waals surface area contributed by atoms with Gasteiger partial charge < -0.3 is 4.74 Å². The molecular formula is C20H17N5O2. The Hall–Kier alpha value is -3.84. The maximum absolute atomic E-state index is 12.3. The van der Waals surface area contributed by atoms with Crippen molar-refractivity contribution in [2.45, 2.75) is 26.4 Å².